The number of methoxy groups -OCH3 is 1. The number of hydrogen-bond acceptors (Lipinski definition) is 5. The van der Waals surface area contributed by atoms with Crippen molar-refractivity contribution in [3.8, 4) is 11.5 Å². The predicted octanol–water partition coefficient (Wildman–Crippen LogP) is 4.77. The Hall–Kier alpha value is -2.20. The first-order valence-electron chi connectivity index (χ1n) is 8.26. The van der Waals surface area contributed by atoms with Gasteiger partial charge in [0.2, 0.25) is 5.82 Å². The molecule has 4 nitrogen and oxygen atoms in total. The minimum Gasteiger partial charge on any atom is -0.504 e. The molecule has 0 aromatic heterocycles. The van der Waals surface area contributed by atoms with Gasteiger partial charge in [-0.2, -0.15) is 0 Å². The van der Waals surface area contributed by atoms with Crippen LogP contribution in [0, 0.1) is 29.1 Å². The summed E-state index contributed by atoms with van der Waals surface area (Å²) in [5.41, 5.74) is 0.274. The van der Waals surface area contributed by atoms with Crippen molar-refractivity contribution in [1.82, 2.24) is 0 Å². The first-order valence-corrected chi connectivity index (χ1v) is 9.04. The Morgan fingerprint density at radius 2 is 1.54 bits per heavy atom. The maximum absolute atomic E-state index is 14.0. The van der Waals surface area contributed by atoms with Crippen molar-refractivity contribution in [3.63, 3.8) is 0 Å². The maximum Gasteiger partial charge on any atom is 0.200 e. The molecule has 0 aliphatic heterocycles. The summed E-state index contributed by atoms with van der Waals surface area (Å²) in [6.07, 6.45) is 1.54. The Kier molecular flexibility index (Phi) is 7.76. The van der Waals surface area contributed by atoms with Crippen LogP contribution in [0.15, 0.2) is 23.1 Å². The van der Waals surface area contributed by atoms with Gasteiger partial charge in [-0.05, 0) is 43.3 Å². The van der Waals surface area contributed by atoms with Gasteiger partial charge in [-0.1, -0.05) is 0 Å². The highest BCUT2D eigenvalue weighted by Crippen LogP contribution is 2.38. The minimum absolute atomic E-state index is 0.0336. The fourth-order valence-electron chi connectivity index (χ4n) is 2.38. The molecule has 0 saturated heterocycles. The highest BCUT2D eigenvalue weighted by atomic mass is 32.2. The third-order valence-electron chi connectivity index (χ3n) is 3.84. The van der Waals surface area contributed by atoms with Crippen molar-refractivity contribution in [2.75, 3.05) is 24.6 Å². The molecule has 0 spiro atoms. The van der Waals surface area contributed by atoms with Gasteiger partial charge in [0, 0.05) is 19.2 Å². The summed E-state index contributed by atoms with van der Waals surface area (Å²) in [5.74, 6) is -10.2. The van der Waals surface area contributed by atoms with Crippen LogP contribution in [0.1, 0.15) is 19.3 Å². The molecule has 0 aliphatic carbocycles. The Morgan fingerprint density at radius 1 is 0.929 bits per heavy atom. The van der Waals surface area contributed by atoms with Gasteiger partial charge >= 0.3 is 0 Å². The van der Waals surface area contributed by atoms with Crippen molar-refractivity contribution in [3.05, 3.63) is 47.3 Å². The number of ether oxygens (including phenoxy) is 1. The normalized spacial score (nSPS) is 11.0. The van der Waals surface area contributed by atoms with Crippen LogP contribution < -0.4 is 9.04 Å². The lowest BCUT2D eigenvalue weighted by atomic mass is 10.2. The van der Waals surface area contributed by atoms with Crippen molar-refractivity contribution >= 4 is 17.6 Å². The summed E-state index contributed by atoms with van der Waals surface area (Å²) >= 11 is 0.335. The van der Waals surface area contributed by atoms with E-state index in [0.717, 1.165) is 0 Å². The van der Waals surface area contributed by atoms with E-state index in [9.17, 15) is 27.1 Å². The number of halogens is 5. The first-order chi connectivity index (χ1) is 13.3. The molecule has 0 saturated carbocycles. The largest absolute Gasteiger partial charge is 0.504 e. The van der Waals surface area contributed by atoms with E-state index in [0.29, 0.717) is 31.2 Å². The van der Waals surface area contributed by atoms with Gasteiger partial charge in [0.05, 0.1) is 12.8 Å². The SMILES string of the molecule is COc1ccc(N(CCCCCO)Sc2c(F)c(F)c(F)c(F)c2F)cc1O. The zero-order chi connectivity index (χ0) is 20.8. The number of aliphatic hydroxyl groups is 1. The zero-order valence-corrected chi connectivity index (χ0v) is 15.6. The topological polar surface area (TPSA) is 52.9 Å². The quantitative estimate of drug-likeness (QED) is 0.200. The molecule has 0 fully saturated rings. The van der Waals surface area contributed by atoms with E-state index in [1.54, 1.807) is 0 Å². The number of phenolic OH excluding ortho intramolecular Hbond substituents is 1. The van der Waals surface area contributed by atoms with Crippen LogP contribution in [0.25, 0.3) is 0 Å². The van der Waals surface area contributed by atoms with E-state index < -0.39 is 34.0 Å². The molecule has 0 radical (unpaired) electrons. The van der Waals surface area contributed by atoms with Crippen molar-refractivity contribution in [2.45, 2.75) is 24.2 Å². The number of benzene rings is 2. The Labute approximate surface area is 162 Å². The average molecular weight is 423 g/mol. The fraction of sp³-hybridized carbons (Fsp3) is 0.333. The Balaban J connectivity index is 2.39. The Morgan fingerprint density at radius 3 is 2.07 bits per heavy atom. The maximum atomic E-state index is 14.0. The average Bonchev–Trinajstić information content (AvgIpc) is 2.69. The van der Waals surface area contributed by atoms with Crippen LogP contribution in [0.3, 0.4) is 0 Å². The van der Waals surface area contributed by atoms with Crippen LogP contribution >= 0.6 is 11.9 Å². The molecule has 2 aromatic rings. The second kappa shape index (κ2) is 9.83. The third-order valence-corrected chi connectivity index (χ3v) is 5.00. The van der Waals surface area contributed by atoms with E-state index >= 15 is 0 Å². The molecule has 10 heteroatoms. The number of hydrogen-bond donors (Lipinski definition) is 2. The lowest BCUT2D eigenvalue weighted by Gasteiger charge is -2.24. The second-order valence-electron chi connectivity index (χ2n) is 5.73. The summed E-state index contributed by atoms with van der Waals surface area (Å²) in [7, 11) is 1.34. The van der Waals surface area contributed by atoms with E-state index in [2.05, 4.69) is 0 Å². The molecule has 2 rings (SSSR count). The molecule has 2 aromatic carbocycles. The van der Waals surface area contributed by atoms with Gasteiger partial charge < -0.3 is 19.3 Å². The van der Waals surface area contributed by atoms with Crippen molar-refractivity contribution in [2.24, 2.45) is 0 Å². The molecule has 28 heavy (non-hydrogen) atoms. The van der Waals surface area contributed by atoms with Gasteiger partial charge in [0.25, 0.3) is 0 Å². The predicted molar refractivity (Wildman–Crippen MR) is 95.0 cm³/mol. The number of aliphatic hydroxyl groups excluding tert-OH is 1. The van der Waals surface area contributed by atoms with Gasteiger partial charge in [-0.25, -0.2) is 22.0 Å². The van der Waals surface area contributed by atoms with Gasteiger partial charge in [-0.3, -0.25) is 0 Å². The van der Waals surface area contributed by atoms with E-state index in [-0.39, 0.29) is 30.3 Å². The number of nitrogens with zero attached hydrogens (tertiary/aromatic N) is 1. The molecular formula is C18H18F5NO3S. The number of unbranched alkanes of at least 4 members (excludes halogenated alkanes) is 2. The fourth-order valence-corrected chi connectivity index (χ4v) is 3.38. The summed E-state index contributed by atoms with van der Waals surface area (Å²) in [5, 5.41) is 18.8. The molecule has 0 heterocycles. The van der Waals surface area contributed by atoms with Gasteiger partial charge in [-0.15, -0.1) is 0 Å². The van der Waals surface area contributed by atoms with Crippen LogP contribution in [-0.2, 0) is 0 Å². The summed E-state index contributed by atoms with van der Waals surface area (Å²) in [6.45, 7) is 0.129. The molecule has 0 amide bonds. The highest BCUT2D eigenvalue weighted by molar-refractivity contribution is 8.00. The second-order valence-corrected chi connectivity index (χ2v) is 6.76. The minimum atomic E-state index is -2.23. The number of rotatable bonds is 9. The summed E-state index contributed by atoms with van der Waals surface area (Å²) in [6, 6.07) is 4.14. The van der Waals surface area contributed by atoms with Crippen molar-refractivity contribution in [1.29, 1.82) is 0 Å². The van der Waals surface area contributed by atoms with E-state index in [1.165, 1.54) is 29.6 Å². The molecular weight excluding hydrogens is 405 g/mol. The summed E-state index contributed by atoms with van der Waals surface area (Å²) < 4.78 is 74.6. The lowest BCUT2D eigenvalue weighted by Crippen LogP contribution is -2.18. The highest BCUT2D eigenvalue weighted by Gasteiger charge is 2.28. The van der Waals surface area contributed by atoms with Crippen molar-refractivity contribution < 1.29 is 36.9 Å². The molecule has 0 unspecified atom stereocenters. The van der Waals surface area contributed by atoms with Crippen LogP contribution in [0.2, 0.25) is 0 Å². The standard InChI is InChI=1S/C18H18F5NO3S/c1-27-12-6-5-10(9-11(12)26)24(7-3-2-4-8-25)28-18-16(22)14(20)13(19)15(21)17(18)23/h5-6,9,25-26H,2-4,7-8H2,1H3. The first kappa shape index (κ1) is 22.1. The monoisotopic (exact) mass is 423 g/mol. The van der Waals surface area contributed by atoms with Gasteiger partial charge in [0.1, 0.15) is 4.90 Å². The van der Waals surface area contributed by atoms with Crippen LogP contribution in [-0.4, -0.2) is 30.5 Å². The van der Waals surface area contributed by atoms with Crippen LogP contribution in [0.5, 0.6) is 11.5 Å². The van der Waals surface area contributed by atoms with E-state index in [1.807, 2.05) is 0 Å². The Bertz CT molecular complexity index is 808. The summed E-state index contributed by atoms with van der Waals surface area (Å²) in [4.78, 5) is -1.05. The number of anilines is 1. The molecule has 0 bridgehead atoms. The molecule has 2 N–H and O–H groups in total. The molecule has 0 atom stereocenters. The third kappa shape index (κ3) is 4.79. The molecule has 154 valence electrons. The number of phenols is 1. The lowest BCUT2D eigenvalue weighted by molar-refractivity contribution is 0.283. The number of aromatic hydroxyl groups is 1. The van der Waals surface area contributed by atoms with Crippen LogP contribution in [0.4, 0.5) is 27.6 Å². The smallest absolute Gasteiger partial charge is 0.200 e. The van der Waals surface area contributed by atoms with Gasteiger partial charge in [0.15, 0.2) is 34.8 Å². The van der Waals surface area contributed by atoms with E-state index in [4.69, 9.17) is 9.84 Å². The molecule has 0 aliphatic rings. The zero-order valence-electron chi connectivity index (χ0n) is 14.8.